The second kappa shape index (κ2) is 11.4. The van der Waals surface area contributed by atoms with Gasteiger partial charge >= 0.3 is 0 Å². The average Bonchev–Trinajstić information content (AvgIpc) is 2.46. The standard InChI is InChI=1S/C19H40O3/c1-18(2,15-20)13-9-5-7-11-17(22)12-8-6-10-14-19(3,4)16-21/h17,20-22H,5-16H2,1-4H3. The lowest BCUT2D eigenvalue weighted by Crippen LogP contribution is -2.16. The number of hydrogen-bond donors (Lipinski definition) is 3. The largest absolute Gasteiger partial charge is 0.396 e. The molecule has 0 aromatic rings. The molecule has 0 fully saturated rings. The summed E-state index contributed by atoms with van der Waals surface area (Å²) in [6, 6.07) is 0. The average molecular weight is 317 g/mol. The van der Waals surface area contributed by atoms with E-state index in [1.165, 1.54) is 0 Å². The van der Waals surface area contributed by atoms with Crippen LogP contribution in [0.4, 0.5) is 0 Å². The van der Waals surface area contributed by atoms with Crippen LogP contribution in [0.1, 0.15) is 91.9 Å². The van der Waals surface area contributed by atoms with Crippen molar-refractivity contribution in [3.63, 3.8) is 0 Å². The molecular weight excluding hydrogens is 276 g/mol. The van der Waals surface area contributed by atoms with Gasteiger partial charge in [0, 0.05) is 13.2 Å². The van der Waals surface area contributed by atoms with Gasteiger partial charge in [0.2, 0.25) is 0 Å². The van der Waals surface area contributed by atoms with Crippen LogP contribution in [0.3, 0.4) is 0 Å². The number of hydrogen-bond acceptors (Lipinski definition) is 3. The van der Waals surface area contributed by atoms with Crippen molar-refractivity contribution < 1.29 is 15.3 Å². The van der Waals surface area contributed by atoms with Crippen molar-refractivity contribution in [2.75, 3.05) is 13.2 Å². The van der Waals surface area contributed by atoms with Gasteiger partial charge in [0.1, 0.15) is 0 Å². The second-order valence-electron chi connectivity index (χ2n) is 8.50. The lowest BCUT2D eigenvalue weighted by atomic mass is 9.87. The summed E-state index contributed by atoms with van der Waals surface area (Å²) in [4.78, 5) is 0. The maximum atomic E-state index is 9.98. The molecule has 0 radical (unpaired) electrons. The molecule has 0 aliphatic carbocycles. The minimum atomic E-state index is -0.156. The third-order valence-corrected chi connectivity index (χ3v) is 4.64. The smallest absolute Gasteiger partial charge is 0.0540 e. The lowest BCUT2D eigenvalue weighted by molar-refractivity contribution is 0.135. The zero-order chi connectivity index (χ0) is 17.1. The van der Waals surface area contributed by atoms with Crippen LogP contribution in [0.15, 0.2) is 0 Å². The summed E-state index contributed by atoms with van der Waals surface area (Å²) in [6.07, 6.45) is 10.5. The van der Waals surface area contributed by atoms with E-state index in [9.17, 15) is 15.3 Å². The Labute approximate surface area is 138 Å². The van der Waals surface area contributed by atoms with Crippen molar-refractivity contribution in [1.29, 1.82) is 0 Å². The van der Waals surface area contributed by atoms with Crippen molar-refractivity contribution in [3.8, 4) is 0 Å². The van der Waals surface area contributed by atoms with Gasteiger partial charge < -0.3 is 15.3 Å². The van der Waals surface area contributed by atoms with Crippen LogP contribution >= 0.6 is 0 Å². The molecule has 22 heavy (non-hydrogen) atoms. The molecule has 0 heterocycles. The summed E-state index contributed by atoms with van der Waals surface area (Å²) in [5, 5.41) is 28.4. The first-order valence-corrected chi connectivity index (χ1v) is 9.12. The minimum Gasteiger partial charge on any atom is -0.396 e. The fourth-order valence-corrected chi connectivity index (χ4v) is 2.62. The SMILES string of the molecule is CC(C)(CO)CCCCCC(O)CCCCCC(C)(C)CO. The van der Waals surface area contributed by atoms with Gasteiger partial charge in [0.05, 0.1) is 6.10 Å². The summed E-state index contributed by atoms with van der Waals surface area (Å²) in [5.74, 6) is 0. The molecule has 0 aromatic heterocycles. The molecule has 3 nitrogen and oxygen atoms in total. The molecule has 0 bridgehead atoms. The highest BCUT2D eigenvalue weighted by molar-refractivity contribution is 4.68. The normalized spacial score (nSPS) is 13.1. The molecule has 0 unspecified atom stereocenters. The van der Waals surface area contributed by atoms with E-state index in [1.807, 2.05) is 0 Å². The van der Waals surface area contributed by atoms with Gasteiger partial charge in [-0.05, 0) is 36.5 Å². The predicted octanol–water partition coefficient (Wildman–Crippen LogP) is 4.29. The van der Waals surface area contributed by atoms with Gasteiger partial charge in [-0.25, -0.2) is 0 Å². The fourth-order valence-electron chi connectivity index (χ4n) is 2.62. The van der Waals surface area contributed by atoms with E-state index >= 15 is 0 Å². The van der Waals surface area contributed by atoms with Crippen molar-refractivity contribution in [3.05, 3.63) is 0 Å². The van der Waals surface area contributed by atoms with Gasteiger partial charge in [-0.15, -0.1) is 0 Å². The molecule has 0 saturated heterocycles. The molecule has 0 amide bonds. The number of aliphatic hydroxyl groups excluding tert-OH is 3. The predicted molar refractivity (Wildman–Crippen MR) is 93.9 cm³/mol. The van der Waals surface area contributed by atoms with E-state index in [0.29, 0.717) is 0 Å². The molecule has 3 N–H and O–H groups in total. The lowest BCUT2D eigenvalue weighted by Gasteiger charge is -2.21. The van der Waals surface area contributed by atoms with Crippen LogP contribution in [0.25, 0.3) is 0 Å². The number of rotatable bonds is 14. The highest BCUT2D eigenvalue weighted by atomic mass is 16.3. The summed E-state index contributed by atoms with van der Waals surface area (Å²) in [5.41, 5.74) is 0.0852. The fraction of sp³-hybridized carbons (Fsp3) is 1.00. The van der Waals surface area contributed by atoms with Crippen molar-refractivity contribution in [2.24, 2.45) is 10.8 Å². The summed E-state index contributed by atoms with van der Waals surface area (Å²) in [6.45, 7) is 8.89. The highest BCUT2D eigenvalue weighted by Crippen LogP contribution is 2.24. The van der Waals surface area contributed by atoms with Crippen LogP contribution < -0.4 is 0 Å². The number of aliphatic hydroxyl groups is 3. The molecule has 0 atom stereocenters. The third-order valence-electron chi connectivity index (χ3n) is 4.64. The Morgan fingerprint density at radius 3 is 1.32 bits per heavy atom. The quantitative estimate of drug-likeness (QED) is 0.419. The first-order valence-electron chi connectivity index (χ1n) is 9.12. The molecule has 134 valence electrons. The van der Waals surface area contributed by atoms with E-state index in [2.05, 4.69) is 27.7 Å². The number of unbranched alkanes of at least 4 members (excludes halogenated alkanes) is 4. The second-order valence-corrected chi connectivity index (χ2v) is 8.50. The van der Waals surface area contributed by atoms with Gasteiger partial charge in [-0.2, -0.15) is 0 Å². The van der Waals surface area contributed by atoms with Gasteiger partial charge in [0.15, 0.2) is 0 Å². The first-order chi connectivity index (χ1) is 10.2. The zero-order valence-corrected chi connectivity index (χ0v) is 15.4. The van der Waals surface area contributed by atoms with Crippen LogP contribution in [-0.4, -0.2) is 34.6 Å². The molecule has 0 aromatic carbocycles. The molecule has 3 heteroatoms. The van der Waals surface area contributed by atoms with Crippen LogP contribution in [0.5, 0.6) is 0 Å². The van der Waals surface area contributed by atoms with Gasteiger partial charge in [-0.3, -0.25) is 0 Å². The highest BCUT2D eigenvalue weighted by Gasteiger charge is 2.16. The van der Waals surface area contributed by atoms with Crippen LogP contribution in [-0.2, 0) is 0 Å². The van der Waals surface area contributed by atoms with Gasteiger partial charge in [0.25, 0.3) is 0 Å². The van der Waals surface area contributed by atoms with Crippen LogP contribution in [0.2, 0.25) is 0 Å². The molecule has 0 aliphatic rings. The molecule has 0 saturated carbocycles. The Kier molecular flexibility index (Phi) is 11.4. The van der Waals surface area contributed by atoms with E-state index in [1.54, 1.807) is 0 Å². The molecule has 0 spiro atoms. The molecule has 0 rings (SSSR count). The first kappa shape index (κ1) is 21.9. The Bertz CT molecular complexity index is 235. The Hall–Kier alpha value is -0.120. The topological polar surface area (TPSA) is 60.7 Å². The minimum absolute atomic E-state index is 0.0426. The molecular formula is C19H40O3. The maximum Gasteiger partial charge on any atom is 0.0540 e. The van der Waals surface area contributed by atoms with E-state index in [-0.39, 0.29) is 30.1 Å². The Balaban J connectivity index is 3.46. The zero-order valence-electron chi connectivity index (χ0n) is 15.4. The monoisotopic (exact) mass is 316 g/mol. The van der Waals surface area contributed by atoms with E-state index in [4.69, 9.17) is 0 Å². The van der Waals surface area contributed by atoms with Crippen molar-refractivity contribution in [1.82, 2.24) is 0 Å². The maximum absolute atomic E-state index is 9.98. The molecule has 0 aliphatic heterocycles. The van der Waals surface area contributed by atoms with Crippen molar-refractivity contribution >= 4 is 0 Å². The summed E-state index contributed by atoms with van der Waals surface area (Å²) in [7, 11) is 0. The summed E-state index contributed by atoms with van der Waals surface area (Å²) >= 11 is 0. The van der Waals surface area contributed by atoms with Gasteiger partial charge in [-0.1, -0.05) is 66.2 Å². The summed E-state index contributed by atoms with van der Waals surface area (Å²) < 4.78 is 0. The van der Waals surface area contributed by atoms with E-state index < -0.39 is 0 Å². The van der Waals surface area contributed by atoms with Crippen LogP contribution in [0, 0.1) is 10.8 Å². The third kappa shape index (κ3) is 12.4. The van der Waals surface area contributed by atoms with E-state index in [0.717, 1.165) is 64.2 Å². The Morgan fingerprint density at radius 2 is 1.00 bits per heavy atom. The van der Waals surface area contributed by atoms with Crippen molar-refractivity contribution in [2.45, 2.75) is 98.0 Å². The Morgan fingerprint density at radius 1 is 0.636 bits per heavy atom.